The van der Waals surface area contributed by atoms with Crippen molar-refractivity contribution in [3.8, 4) is 0 Å². The van der Waals surface area contributed by atoms with Gasteiger partial charge in [-0.1, -0.05) is 41.9 Å². The van der Waals surface area contributed by atoms with Crippen molar-refractivity contribution in [2.45, 2.75) is 11.1 Å². The van der Waals surface area contributed by atoms with Gasteiger partial charge in [0, 0.05) is 7.05 Å². The Morgan fingerprint density at radius 3 is 2.55 bits per heavy atom. The van der Waals surface area contributed by atoms with Gasteiger partial charge in [-0.05, 0) is 5.56 Å². The summed E-state index contributed by atoms with van der Waals surface area (Å²) in [7, 11) is -2.31. The van der Waals surface area contributed by atoms with Crippen molar-refractivity contribution in [2.24, 2.45) is 7.05 Å². The number of aromatic nitrogens is 2. The molecule has 108 valence electrons. The molecule has 0 spiro atoms. The Labute approximate surface area is 122 Å². The number of imidazole rings is 1. The summed E-state index contributed by atoms with van der Waals surface area (Å²) in [6.45, 7) is -0.367. The zero-order chi connectivity index (χ0) is 14.8. The Hall–Kier alpha value is -1.41. The van der Waals surface area contributed by atoms with E-state index >= 15 is 0 Å². The molecule has 0 bridgehead atoms. The van der Waals surface area contributed by atoms with E-state index in [1.54, 1.807) is 31.3 Å². The number of hydrogen-bond donors (Lipinski definition) is 2. The van der Waals surface area contributed by atoms with E-state index in [4.69, 9.17) is 11.6 Å². The van der Waals surface area contributed by atoms with Gasteiger partial charge in [-0.15, -0.1) is 0 Å². The highest BCUT2D eigenvalue weighted by Crippen LogP contribution is 2.21. The molecule has 20 heavy (non-hydrogen) atoms. The molecule has 8 heteroatoms. The van der Waals surface area contributed by atoms with Gasteiger partial charge in [0.1, 0.15) is 5.15 Å². The average Bonchev–Trinajstić information content (AvgIpc) is 2.78. The lowest BCUT2D eigenvalue weighted by atomic mass is 10.1. The fraction of sp³-hybridized carbons (Fsp3) is 0.250. The molecule has 0 fully saturated rings. The highest BCUT2D eigenvalue weighted by molar-refractivity contribution is 7.89. The summed E-state index contributed by atoms with van der Waals surface area (Å²) in [5.74, 6) is 0. The van der Waals surface area contributed by atoms with Crippen molar-refractivity contribution < 1.29 is 13.5 Å². The van der Waals surface area contributed by atoms with Gasteiger partial charge < -0.3 is 9.67 Å². The van der Waals surface area contributed by atoms with Crippen LogP contribution in [0.2, 0.25) is 5.15 Å². The second-order valence-electron chi connectivity index (χ2n) is 4.22. The number of sulfonamides is 1. The molecule has 0 aliphatic rings. The summed E-state index contributed by atoms with van der Waals surface area (Å²) >= 11 is 5.88. The van der Waals surface area contributed by atoms with Gasteiger partial charge in [-0.3, -0.25) is 0 Å². The van der Waals surface area contributed by atoms with Crippen molar-refractivity contribution in [3.63, 3.8) is 0 Å². The number of halogens is 1. The Bertz CT molecular complexity index is 685. The smallest absolute Gasteiger partial charge is 0.261 e. The maximum atomic E-state index is 12.2. The fourth-order valence-corrected chi connectivity index (χ4v) is 3.36. The SMILES string of the molecule is Cn1cnc(S(=O)(=O)NC(CO)c2ccccc2)c1Cl. The van der Waals surface area contributed by atoms with Gasteiger partial charge >= 0.3 is 0 Å². The molecule has 1 aromatic carbocycles. The van der Waals surface area contributed by atoms with Crippen LogP contribution in [-0.4, -0.2) is 29.7 Å². The molecule has 1 unspecified atom stereocenters. The molecule has 1 aromatic heterocycles. The van der Waals surface area contributed by atoms with Crippen molar-refractivity contribution in [3.05, 3.63) is 47.4 Å². The second kappa shape index (κ2) is 5.92. The normalized spacial score (nSPS) is 13.3. The van der Waals surface area contributed by atoms with Crippen LogP contribution in [0.25, 0.3) is 0 Å². The Kier molecular flexibility index (Phi) is 4.44. The highest BCUT2D eigenvalue weighted by Gasteiger charge is 2.26. The van der Waals surface area contributed by atoms with Crippen LogP contribution in [-0.2, 0) is 17.1 Å². The summed E-state index contributed by atoms with van der Waals surface area (Å²) in [4.78, 5) is 3.77. The third-order valence-electron chi connectivity index (χ3n) is 2.77. The number of benzene rings is 1. The van der Waals surface area contributed by atoms with E-state index in [2.05, 4.69) is 9.71 Å². The monoisotopic (exact) mass is 315 g/mol. The number of aliphatic hydroxyl groups excluding tert-OH is 1. The lowest BCUT2D eigenvalue weighted by molar-refractivity contribution is 0.259. The van der Waals surface area contributed by atoms with E-state index in [0.717, 1.165) is 0 Å². The minimum Gasteiger partial charge on any atom is -0.394 e. The number of nitrogens with one attached hydrogen (secondary N) is 1. The first-order valence-corrected chi connectivity index (χ1v) is 7.67. The van der Waals surface area contributed by atoms with Gasteiger partial charge in [-0.2, -0.15) is 4.72 Å². The van der Waals surface area contributed by atoms with Gasteiger partial charge in [0.2, 0.25) is 5.03 Å². The lowest BCUT2D eigenvalue weighted by Crippen LogP contribution is -2.31. The molecule has 0 aliphatic carbocycles. The maximum absolute atomic E-state index is 12.2. The molecule has 1 heterocycles. The van der Waals surface area contributed by atoms with E-state index in [1.807, 2.05) is 6.07 Å². The van der Waals surface area contributed by atoms with Gasteiger partial charge in [-0.25, -0.2) is 13.4 Å². The third-order valence-corrected chi connectivity index (χ3v) is 4.73. The zero-order valence-corrected chi connectivity index (χ0v) is 12.3. The number of aryl methyl sites for hydroxylation is 1. The topological polar surface area (TPSA) is 84.2 Å². The third kappa shape index (κ3) is 3.01. The van der Waals surface area contributed by atoms with Crippen molar-refractivity contribution in [1.82, 2.24) is 14.3 Å². The van der Waals surface area contributed by atoms with Gasteiger partial charge in [0.15, 0.2) is 0 Å². The zero-order valence-electron chi connectivity index (χ0n) is 10.7. The molecule has 2 N–H and O–H groups in total. The minimum absolute atomic E-state index is 0.0160. The van der Waals surface area contributed by atoms with Crippen LogP contribution < -0.4 is 4.72 Å². The average molecular weight is 316 g/mol. The largest absolute Gasteiger partial charge is 0.394 e. The Morgan fingerprint density at radius 2 is 2.05 bits per heavy atom. The number of hydrogen-bond acceptors (Lipinski definition) is 4. The summed E-state index contributed by atoms with van der Waals surface area (Å²) in [5.41, 5.74) is 0.658. The Balaban J connectivity index is 2.30. The molecule has 0 aliphatic heterocycles. The molecule has 0 saturated carbocycles. The summed E-state index contributed by atoms with van der Waals surface area (Å²) in [6.07, 6.45) is 1.31. The molecule has 0 radical (unpaired) electrons. The molecule has 0 amide bonds. The number of nitrogens with zero attached hydrogens (tertiary/aromatic N) is 2. The van der Waals surface area contributed by atoms with E-state index < -0.39 is 16.1 Å². The molecule has 1 atom stereocenters. The van der Waals surface area contributed by atoms with Crippen molar-refractivity contribution >= 4 is 21.6 Å². The van der Waals surface area contributed by atoms with Crippen molar-refractivity contribution in [1.29, 1.82) is 0 Å². The fourth-order valence-electron chi connectivity index (χ4n) is 1.71. The lowest BCUT2D eigenvalue weighted by Gasteiger charge is -2.16. The molecular formula is C12H14ClN3O3S. The first kappa shape index (κ1) is 15.0. The molecule has 2 rings (SSSR count). The molecular weight excluding hydrogens is 302 g/mol. The quantitative estimate of drug-likeness (QED) is 0.865. The Morgan fingerprint density at radius 1 is 1.40 bits per heavy atom. The van der Waals surface area contributed by atoms with E-state index in [-0.39, 0.29) is 16.8 Å². The van der Waals surface area contributed by atoms with Crippen LogP contribution in [0.3, 0.4) is 0 Å². The number of aliphatic hydroxyl groups is 1. The predicted molar refractivity (Wildman–Crippen MR) is 74.8 cm³/mol. The van der Waals surface area contributed by atoms with E-state index in [1.165, 1.54) is 10.9 Å². The van der Waals surface area contributed by atoms with Gasteiger partial charge in [0.05, 0.1) is 19.0 Å². The minimum atomic E-state index is -3.90. The highest BCUT2D eigenvalue weighted by atomic mass is 35.5. The first-order valence-electron chi connectivity index (χ1n) is 5.80. The van der Waals surface area contributed by atoms with Crippen LogP contribution >= 0.6 is 11.6 Å². The van der Waals surface area contributed by atoms with E-state index in [9.17, 15) is 13.5 Å². The second-order valence-corrected chi connectivity index (χ2v) is 6.21. The summed E-state index contributed by atoms with van der Waals surface area (Å²) in [5, 5.41) is 9.14. The predicted octanol–water partition coefficient (Wildman–Crippen LogP) is 1.09. The molecule has 0 saturated heterocycles. The maximum Gasteiger partial charge on any atom is 0.261 e. The standard InChI is InChI=1S/C12H14ClN3O3S/c1-16-8-14-12(11(16)13)20(18,19)15-10(7-17)9-5-3-2-4-6-9/h2-6,8,10,15,17H,7H2,1H3. The van der Waals surface area contributed by atoms with Crippen LogP contribution in [0.5, 0.6) is 0 Å². The van der Waals surface area contributed by atoms with Crippen molar-refractivity contribution in [2.75, 3.05) is 6.61 Å². The summed E-state index contributed by atoms with van der Waals surface area (Å²) in [6, 6.07) is 8.04. The summed E-state index contributed by atoms with van der Waals surface area (Å²) < 4.78 is 28.2. The first-order chi connectivity index (χ1) is 9.45. The molecule has 2 aromatic rings. The van der Waals surface area contributed by atoms with Crippen LogP contribution in [0.1, 0.15) is 11.6 Å². The van der Waals surface area contributed by atoms with Crippen LogP contribution in [0.4, 0.5) is 0 Å². The van der Waals surface area contributed by atoms with Gasteiger partial charge in [0.25, 0.3) is 10.0 Å². The molecule has 6 nitrogen and oxygen atoms in total. The number of rotatable bonds is 5. The van der Waals surface area contributed by atoms with E-state index in [0.29, 0.717) is 5.56 Å². The van der Waals surface area contributed by atoms with Crippen LogP contribution in [0.15, 0.2) is 41.7 Å². The van der Waals surface area contributed by atoms with Crippen LogP contribution in [0, 0.1) is 0 Å².